The van der Waals surface area contributed by atoms with E-state index in [1.165, 1.54) is 34.5 Å². The van der Waals surface area contributed by atoms with Crippen LogP contribution in [0.15, 0.2) is 23.1 Å². The Morgan fingerprint density at radius 1 is 1.41 bits per heavy atom. The molecule has 2 N–H and O–H groups in total. The molecule has 0 spiro atoms. The number of aryl methyl sites for hydroxylation is 2. The summed E-state index contributed by atoms with van der Waals surface area (Å²) in [6.45, 7) is 4.67. The monoisotopic (exact) mass is 437 g/mol. The van der Waals surface area contributed by atoms with Gasteiger partial charge in [0.05, 0.1) is 17.1 Å². The number of hydrogen-bond acceptors (Lipinski definition) is 7. The predicted molar refractivity (Wildman–Crippen MR) is 109 cm³/mol. The van der Waals surface area contributed by atoms with Gasteiger partial charge in [-0.1, -0.05) is 11.3 Å². The topological polar surface area (TPSA) is 121 Å². The Bertz CT molecular complexity index is 1010. The van der Waals surface area contributed by atoms with E-state index in [-0.39, 0.29) is 4.90 Å². The van der Waals surface area contributed by atoms with Crippen LogP contribution in [-0.4, -0.2) is 48.6 Å². The highest BCUT2D eigenvalue weighted by Gasteiger charge is 2.17. The molecule has 1 unspecified atom stereocenters. The number of benzene rings is 1. The van der Waals surface area contributed by atoms with Gasteiger partial charge in [0.25, 0.3) is 0 Å². The second-order valence-electron chi connectivity index (χ2n) is 6.06. The Morgan fingerprint density at radius 3 is 2.86 bits per heavy atom. The Balaban J connectivity index is 1.59. The highest BCUT2D eigenvalue weighted by molar-refractivity contribution is 7.90. The molecule has 2 heterocycles. The number of carbonyl (C=O) groups excluding carboxylic acids is 1. The van der Waals surface area contributed by atoms with Crippen LogP contribution in [0.25, 0.3) is 10.4 Å². The molecule has 12 heteroatoms. The SMILES string of the molecule is CCn1nnc(CCNC(=O)Nc2nc(C)c(-c3ccc([S+](C)[O-])c(F)c3)s2)n1. The quantitative estimate of drug-likeness (QED) is 0.548. The third-order valence-electron chi connectivity index (χ3n) is 3.93. The lowest BCUT2D eigenvalue weighted by atomic mass is 10.1. The van der Waals surface area contributed by atoms with Crippen LogP contribution in [0.3, 0.4) is 0 Å². The van der Waals surface area contributed by atoms with Crippen molar-refractivity contribution >= 4 is 33.7 Å². The van der Waals surface area contributed by atoms with Gasteiger partial charge in [-0.2, -0.15) is 4.80 Å². The van der Waals surface area contributed by atoms with Crippen LogP contribution in [0.1, 0.15) is 18.4 Å². The standard InChI is InChI=1S/C17H20FN7O2S2/c1-4-25-23-14(22-24-25)7-8-19-16(26)21-17-20-10(2)15(28-17)11-5-6-13(29(3)27)12(18)9-11/h5-6,9H,4,7-8H2,1-3H3,(H2,19,20,21,26). The zero-order chi connectivity index (χ0) is 21.0. The summed E-state index contributed by atoms with van der Waals surface area (Å²) < 4.78 is 25.6. The van der Waals surface area contributed by atoms with Crippen molar-refractivity contribution in [1.82, 2.24) is 30.5 Å². The molecule has 3 rings (SSSR count). The van der Waals surface area contributed by atoms with E-state index in [1.54, 1.807) is 13.0 Å². The van der Waals surface area contributed by atoms with Gasteiger partial charge in [0.15, 0.2) is 21.7 Å². The van der Waals surface area contributed by atoms with Gasteiger partial charge in [-0.3, -0.25) is 5.32 Å². The maximum Gasteiger partial charge on any atom is 0.321 e. The van der Waals surface area contributed by atoms with Crippen molar-refractivity contribution < 1.29 is 13.7 Å². The summed E-state index contributed by atoms with van der Waals surface area (Å²) in [5, 5.41) is 17.7. The van der Waals surface area contributed by atoms with E-state index in [1.807, 2.05) is 6.92 Å². The third-order valence-corrected chi connectivity index (χ3v) is 6.00. The predicted octanol–water partition coefficient (Wildman–Crippen LogP) is 2.37. The molecule has 3 aromatic rings. The lowest BCUT2D eigenvalue weighted by molar-refractivity contribution is 0.252. The maximum atomic E-state index is 14.1. The number of tetrazole rings is 1. The first-order chi connectivity index (χ1) is 13.9. The second kappa shape index (κ2) is 9.29. The van der Waals surface area contributed by atoms with Gasteiger partial charge in [-0.05, 0) is 54.0 Å². The van der Waals surface area contributed by atoms with Crippen LogP contribution in [0.2, 0.25) is 0 Å². The Hall–Kier alpha value is -2.57. The molecule has 0 fully saturated rings. The summed E-state index contributed by atoms with van der Waals surface area (Å²) >= 11 is -0.160. The zero-order valence-electron chi connectivity index (χ0n) is 16.1. The van der Waals surface area contributed by atoms with Gasteiger partial charge < -0.3 is 9.87 Å². The molecule has 0 radical (unpaired) electrons. The number of aromatic nitrogens is 5. The molecule has 0 bridgehead atoms. The molecule has 29 heavy (non-hydrogen) atoms. The highest BCUT2D eigenvalue weighted by atomic mass is 32.2. The summed E-state index contributed by atoms with van der Waals surface area (Å²) in [5.74, 6) is 0.0232. The van der Waals surface area contributed by atoms with E-state index < -0.39 is 23.0 Å². The highest BCUT2D eigenvalue weighted by Crippen LogP contribution is 2.34. The van der Waals surface area contributed by atoms with Gasteiger partial charge >= 0.3 is 6.03 Å². The number of halogens is 1. The summed E-state index contributed by atoms with van der Waals surface area (Å²) in [6.07, 6.45) is 1.89. The third kappa shape index (κ3) is 5.28. The van der Waals surface area contributed by atoms with Gasteiger partial charge in [0, 0.05) is 13.0 Å². The fourth-order valence-electron chi connectivity index (χ4n) is 2.53. The van der Waals surface area contributed by atoms with Gasteiger partial charge in [0.1, 0.15) is 6.26 Å². The number of urea groups is 1. The minimum Gasteiger partial charge on any atom is -0.612 e. The summed E-state index contributed by atoms with van der Waals surface area (Å²) in [7, 11) is 0. The second-order valence-corrected chi connectivity index (χ2v) is 8.41. The van der Waals surface area contributed by atoms with Crippen LogP contribution in [0.4, 0.5) is 14.3 Å². The van der Waals surface area contributed by atoms with Crippen molar-refractivity contribution in [3.63, 3.8) is 0 Å². The molecular formula is C17H20FN7O2S2. The Kier molecular flexibility index (Phi) is 6.77. The number of amides is 2. The van der Waals surface area contributed by atoms with Crippen molar-refractivity contribution in [2.45, 2.75) is 31.7 Å². The fourth-order valence-corrected chi connectivity index (χ4v) is 4.08. The van der Waals surface area contributed by atoms with Crippen molar-refractivity contribution in [3.05, 3.63) is 35.5 Å². The molecular weight excluding hydrogens is 417 g/mol. The van der Waals surface area contributed by atoms with Crippen molar-refractivity contribution in [2.75, 3.05) is 18.1 Å². The maximum absolute atomic E-state index is 14.1. The molecule has 0 aliphatic rings. The number of nitrogens with one attached hydrogen (secondary N) is 2. The molecule has 9 nitrogen and oxygen atoms in total. The largest absolute Gasteiger partial charge is 0.612 e. The number of carbonyl (C=O) groups is 1. The van der Waals surface area contributed by atoms with Gasteiger partial charge in [-0.15, -0.1) is 10.2 Å². The first kappa shape index (κ1) is 21.1. The van der Waals surface area contributed by atoms with Crippen molar-refractivity contribution in [2.24, 2.45) is 0 Å². The van der Waals surface area contributed by atoms with Crippen molar-refractivity contribution in [3.8, 4) is 10.4 Å². The minimum atomic E-state index is -1.40. The van der Waals surface area contributed by atoms with Crippen LogP contribution in [-0.2, 0) is 24.1 Å². The van der Waals surface area contributed by atoms with E-state index in [0.29, 0.717) is 41.7 Å². The Morgan fingerprint density at radius 2 is 2.21 bits per heavy atom. The first-order valence-corrected chi connectivity index (χ1v) is 11.2. The molecule has 0 saturated heterocycles. The summed E-state index contributed by atoms with van der Waals surface area (Å²) in [5.41, 5.74) is 1.28. The van der Waals surface area contributed by atoms with Crippen LogP contribution in [0.5, 0.6) is 0 Å². The molecule has 0 aliphatic heterocycles. The number of anilines is 1. The average molecular weight is 438 g/mol. The average Bonchev–Trinajstić information content (AvgIpc) is 3.27. The molecule has 0 aliphatic carbocycles. The van der Waals surface area contributed by atoms with E-state index in [9.17, 15) is 13.7 Å². The number of nitrogens with zero attached hydrogens (tertiary/aromatic N) is 5. The van der Waals surface area contributed by atoms with Crippen molar-refractivity contribution in [1.29, 1.82) is 0 Å². The summed E-state index contributed by atoms with van der Waals surface area (Å²) in [4.78, 5) is 18.8. The van der Waals surface area contributed by atoms with Crippen LogP contribution >= 0.6 is 11.3 Å². The molecule has 0 saturated carbocycles. The molecule has 1 aromatic carbocycles. The smallest absolute Gasteiger partial charge is 0.321 e. The van der Waals surface area contributed by atoms with Gasteiger partial charge in [0.2, 0.25) is 0 Å². The molecule has 154 valence electrons. The van der Waals surface area contributed by atoms with E-state index in [4.69, 9.17) is 0 Å². The fraction of sp³-hybridized carbons (Fsp3) is 0.353. The molecule has 2 aromatic heterocycles. The van der Waals surface area contributed by atoms with E-state index in [0.717, 1.165) is 4.88 Å². The zero-order valence-corrected chi connectivity index (χ0v) is 17.7. The molecule has 1 atom stereocenters. The van der Waals surface area contributed by atoms with Gasteiger partial charge in [-0.25, -0.2) is 14.2 Å². The lowest BCUT2D eigenvalue weighted by Gasteiger charge is -2.06. The number of rotatable bonds is 7. The van der Waals surface area contributed by atoms with E-state index >= 15 is 0 Å². The lowest BCUT2D eigenvalue weighted by Crippen LogP contribution is -2.30. The first-order valence-electron chi connectivity index (χ1n) is 8.79. The number of thiazole rings is 1. The minimum absolute atomic E-state index is 0.155. The number of hydrogen-bond donors (Lipinski definition) is 2. The van der Waals surface area contributed by atoms with Crippen LogP contribution in [0, 0.1) is 12.7 Å². The Labute approximate surface area is 173 Å². The van der Waals surface area contributed by atoms with E-state index in [2.05, 4.69) is 31.0 Å². The summed E-state index contributed by atoms with van der Waals surface area (Å²) in [6, 6.07) is 4.12. The normalized spacial score (nSPS) is 12.0. The molecule has 2 amide bonds. The van der Waals surface area contributed by atoms with Crippen LogP contribution < -0.4 is 10.6 Å².